The van der Waals surface area contributed by atoms with Gasteiger partial charge in [-0.1, -0.05) is 29.8 Å². The Morgan fingerprint density at radius 3 is 2.56 bits per heavy atom. The Morgan fingerprint density at radius 2 is 1.94 bits per heavy atom. The lowest BCUT2D eigenvalue weighted by atomic mass is 9.94. The molecule has 2 aromatic carbocycles. The van der Waals surface area contributed by atoms with Crippen molar-refractivity contribution in [3.8, 4) is 5.75 Å². The van der Waals surface area contributed by atoms with Crippen molar-refractivity contribution in [1.82, 2.24) is 4.98 Å². The molecule has 32 heavy (non-hydrogen) atoms. The number of methoxy groups -OCH3 is 1. The standard InChI is InChI=1S/C24H21ClN2O4S/c1-12-8-9-16(11-18(12)25)27-20(15-6-5-7-17(10-15)31-4)19(22(29)24(27)30)21(28)23-13(2)26-14(3)32-23/h5-11,20,29H,1-4H3. The smallest absolute Gasteiger partial charge is 0.294 e. The van der Waals surface area contributed by atoms with Crippen molar-refractivity contribution in [2.45, 2.75) is 26.8 Å². The van der Waals surface area contributed by atoms with Crippen LogP contribution >= 0.6 is 22.9 Å². The molecule has 2 heterocycles. The number of thiazole rings is 1. The predicted molar refractivity (Wildman–Crippen MR) is 125 cm³/mol. The van der Waals surface area contributed by atoms with Crippen LogP contribution in [0.5, 0.6) is 5.75 Å². The van der Waals surface area contributed by atoms with Gasteiger partial charge in [-0.05, 0) is 56.2 Å². The van der Waals surface area contributed by atoms with Crippen LogP contribution in [0, 0.1) is 20.8 Å². The number of halogens is 1. The molecule has 0 fully saturated rings. The second-order valence-electron chi connectivity index (χ2n) is 7.53. The van der Waals surface area contributed by atoms with Gasteiger partial charge in [-0.3, -0.25) is 14.5 Å². The number of nitrogens with zero attached hydrogens (tertiary/aromatic N) is 2. The zero-order valence-corrected chi connectivity index (χ0v) is 19.5. The highest BCUT2D eigenvalue weighted by Crippen LogP contribution is 2.44. The minimum atomic E-state index is -0.856. The van der Waals surface area contributed by atoms with Crippen molar-refractivity contribution in [3.05, 3.63) is 85.5 Å². The maximum atomic E-state index is 13.6. The fraction of sp³-hybridized carbons (Fsp3) is 0.208. The zero-order chi connectivity index (χ0) is 23.2. The highest BCUT2D eigenvalue weighted by Gasteiger charge is 2.45. The Bertz CT molecular complexity index is 1280. The summed E-state index contributed by atoms with van der Waals surface area (Å²) in [6.45, 7) is 5.41. The first-order valence-corrected chi connectivity index (χ1v) is 11.1. The zero-order valence-electron chi connectivity index (χ0n) is 18.0. The van der Waals surface area contributed by atoms with E-state index in [1.807, 2.05) is 13.8 Å². The molecule has 164 valence electrons. The van der Waals surface area contributed by atoms with Gasteiger partial charge in [0.25, 0.3) is 5.91 Å². The third-order valence-electron chi connectivity index (χ3n) is 5.41. The molecule has 1 aliphatic heterocycles. The van der Waals surface area contributed by atoms with Gasteiger partial charge in [-0.25, -0.2) is 4.98 Å². The van der Waals surface area contributed by atoms with E-state index in [1.54, 1.807) is 56.5 Å². The minimum Gasteiger partial charge on any atom is -0.503 e. The van der Waals surface area contributed by atoms with E-state index < -0.39 is 23.5 Å². The summed E-state index contributed by atoms with van der Waals surface area (Å²) in [7, 11) is 1.54. The molecule has 4 rings (SSSR count). The van der Waals surface area contributed by atoms with Crippen molar-refractivity contribution >= 4 is 40.3 Å². The average Bonchev–Trinajstić information content (AvgIpc) is 3.25. The molecule has 1 aliphatic rings. The van der Waals surface area contributed by atoms with Crippen LogP contribution < -0.4 is 9.64 Å². The summed E-state index contributed by atoms with van der Waals surface area (Å²) in [6.07, 6.45) is 0. The van der Waals surface area contributed by atoms with E-state index in [1.165, 1.54) is 16.2 Å². The lowest BCUT2D eigenvalue weighted by Gasteiger charge is -2.27. The first-order chi connectivity index (χ1) is 15.2. The molecule has 6 nitrogen and oxygen atoms in total. The number of aliphatic hydroxyl groups is 1. The molecule has 0 saturated carbocycles. The second-order valence-corrected chi connectivity index (χ2v) is 9.14. The number of hydrogen-bond acceptors (Lipinski definition) is 6. The molecule has 0 spiro atoms. The van der Waals surface area contributed by atoms with Gasteiger partial charge in [0.2, 0.25) is 5.78 Å². The van der Waals surface area contributed by atoms with Gasteiger partial charge in [0.05, 0.1) is 34.3 Å². The number of carbonyl (C=O) groups excluding carboxylic acids is 2. The lowest BCUT2D eigenvalue weighted by Crippen LogP contribution is -2.31. The van der Waals surface area contributed by atoms with Crippen LogP contribution in [0.3, 0.4) is 0 Å². The Hall–Kier alpha value is -3.16. The van der Waals surface area contributed by atoms with Crippen molar-refractivity contribution < 1.29 is 19.4 Å². The number of amides is 1. The summed E-state index contributed by atoms with van der Waals surface area (Å²) < 4.78 is 5.35. The molecule has 1 atom stereocenters. The predicted octanol–water partition coefficient (Wildman–Crippen LogP) is 5.51. The van der Waals surface area contributed by atoms with E-state index in [9.17, 15) is 14.7 Å². The summed E-state index contributed by atoms with van der Waals surface area (Å²) in [4.78, 5) is 33.0. The molecular weight excluding hydrogens is 448 g/mol. The molecule has 0 aliphatic carbocycles. The normalized spacial score (nSPS) is 16.1. The van der Waals surface area contributed by atoms with Crippen molar-refractivity contribution in [2.24, 2.45) is 0 Å². The third kappa shape index (κ3) is 3.67. The number of anilines is 1. The largest absolute Gasteiger partial charge is 0.503 e. The molecule has 3 aromatic rings. The molecule has 1 unspecified atom stereocenters. The Balaban J connectivity index is 1.92. The first kappa shape index (κ1) is 22.0. The lowest BCUT2D eigenvalue weighted by molar-refractivity contribution is -0.117. The van der Waals surface area contributed by atoms with Gasteiger partial charge in [0, 0.05) is 10.7 Å². The van der Waals surface area contributed by atoms with Gasteiger partial charge < -0.3 is 9.84 Å². The number of ketones is 1. The molecular formula is C24H21ClN2O4S. The fourth-order valence-corrected chi connectivity index (χ4v) is 4.88. The topological polar surface area (TPSA) is 79.7 Å². The van der Waals surface area contributed by atoms with E-state index in [0.29, 0.717) is 32.6 Å². The number of aliphatic hydroxyl groups excluding tert-OH is 1. The molecule has 0 saturated heterocycles. The SMILES string of the molecule is COc1cccc(C2C(C(=O)c3sc(C)nc3C)=C(O)C(=O)N2c2ccc(C)c(Cl)c2)c1. The van der Waals surface area contributed by atoms with Crippen LogP contribution in [0.15, 0.2) is 53.8 Å². The molecule has 1 amide bonds. The average molecular weight is 469 g/mol. The number of rotatable bonds is 5. The Morgan fingerprint density at radius 1 is 1.19 bits per heavy atom. The van der Waals surface area contributed by atoms with Crippen LogP contribution in [0.1, 0.15) is 37.5 Å². The number of aryl methyl sites for hydroxylation is 3. The number of hydrogen-bond donors (Lipinski definition) is 1. The molecule has 0 bridgehead atoms. The van der Waals surface area contributed by atoms with Crippen LogP contribution in [0.25, 0.3) is 0 Å². The summed E-state index contributed by atoms with van der Waals surface area (Å²) >= 11 is 7.57. The maximum Gasteiger partial charge on any atom is 0.294 e. The van der Waals surface area contributed by atoms with Crippen LogP contribution in [0.4, 0.5) is 5.69 Å². The summed E-state index contributed by atoms with van der Waals surface area (Å²) in [5, 5.41) is 12.1. The minimum absolute atomic E-state index is 0.00620. The second kappa shape index (κ2) is 8.41. The van der Waals surface area contributed by atoms with E-state index in [0.717, 1.165) is 10.6 Å². The van der Waals surface area contributed by atoms with Gasteiger partial charge in [-0.15, -0.1) is 11.3 Å². The van der Waals surface area contributed by atoms with E-state index >= 15 is 0 Å². The monoisotopic (exact) mass is 468 g/mol. The summed E-state index contributed by atoms with van der Waals surface area (Å²) in [5.74, 6) is -1.10. The number of ether oxygens (including phenoxy) is 1. The molecule has 1 N–H and O–H groups in total. The van der Waals surface area contributed by atoms with Crippen LogP contribution in [-0.2, 0) is 4.79 Å². The number of Topliss-reactive ketones (excluding diaryl/α,β-unsaturated/α-hetero) is 1. The number of aromatic nitrogens is 1. The van der Waals surface area contributed by atoms with Crippen LogP contribution in [0.2, 0.25) is 5.02 Å². The summed E-state index contributed by atoms with van der Waals surface area (Å²) in [5.41, 5.74) is 2.52. The quantitative estimate of drug-likeness (QED) is 0.499. The van der Waals surface area contributed by atoms with Crippen molar-refractivity contribution in [3.63, 3.8) is 0 Å². The van der Waals surface area contributed by atoms with Crippen molar-refractivity contribution in [2.75, 3.05) is 12.0 Å². The third-order valence-corrected chi connectivity index (χ3v) is 6.88. The van der Waals surface area contributed by atoms with E-state index in [-0.39, 0.29) is 5.57 Å². The Labute approximate surface area is 194 Å². The first-order valence-electron chi connectivity index (χ1n) is 9.88. The van der Waals surface area contributed by atoms with E-state index in [4.69, 9.17) is 16.3 Å². The molecule has 8 heteroatoms. The van der Waals surface area contributed by atoms with Gasteiger partial charge in [-0.2, -0.15) is 0 Å². The highest BCUT2D eigenvalue weighted by molar-refractivity contribution is 7.14. The van der Waals surface area contributed by atoms with Crippen LogP contribution in [-0.4, -0.2) is 28.9 Å². The van der Waals surface area contributed by atoms with Gasteiger partial charge in [0.1, 0.15) is 5.75 Å². The number of benzene rings is 2. The molecule has 0 radical (unpaired) electrons. The number of carbonyl (C=O) groups is 2. The van der Waals surface area contributed by atoms with Gasteiger partial charge in [0.15, 0.2) is 5.76 Å². The maximum absolute atomic E-state index is 13.6. The van der Waals surface area contributed by atoms with Crippen molar-refractivity contribution in [1.29, 1.82) is 0 Å². The fourth-order valence-electron chi connectivity index (χ4n) is 3.83. The summed E-state index contributed by atoms with van der Waals surface area (Å²) in [6, 6.07) is 11.4. The highest BCUT2D eigenvalue weighted by atomic mass is 35.5. The van der Waals surface area contributed by atoms with Gasteiger partial charge >= 0.3 is 0 Å². The Kier molecular flexibility index (Phi) is 5.79. The van der Waals surface area contributed by atoms with E-state index in [2.05, 4.69) is 4.98 Å². The molecule has 1 aromatic heterocycles.